The van der Waals surface area contributed by atoms with Crippen molar-refractivity contribution in [2.75, 3.05) is 38.2 Å². The number of anilines is 1. The number of aromatic nitrogens is 2. The van der Waals surface area contributed by atoms with Crippen molar-refractivity contribution in [3.8, 4) is 6.07 Å². The topological polar surface area (TPSA) is 74.1 Å². The second-order valence-corrected chi connectivity index (χ2v) is 6.05. The Morgan fingerprint density at radius 2 is 2.00 bits per heavy atom. The first-order valence-corrected chi connectivity index (χ1v) is 7.82. The molecule has 0 aliphatic carbocycles. The molecular weight excluding hydrogens is 278 g/mol. The monoisotopic (exact) mass is 303 g/mol. The van der Waals surface area contributed by atoms with Gasteiger partial charge in [0.2, 0.25) is 0 Å². The molecule has 1 aromatic rings. The van der Waals surface area contributed by atoms with E-state index in [1.807, 2.05) is 13.8 Å². The number of nitriles is 1. The van der Waals surface area contributed by atoms with Gasteiger partial charge in [0.05, 0.1) is 18.9 Å². The summed E-state index contributed by atoms with van der Waals surface area (Å²) < 4.78 is 5.44. The first-order valence-electron chi connectivity index (χ1n) is 7.82. The van der Waals surface area contributed by atoms with Crippen LogP contribution in [-0.2, 0) is 4.74 Å². The standard InChI is InChI=1S/C16H25N5O/c1-5-16(4,21-6-8-22-9-7-21)11-18-15-14(10-17)12(2)13(3)19-20-15/h5-9,11H2,1-4H3,(H,18,20)/t16-/m0/s1. The molecule has 1 aliphatic heterocycles. The number of aryl methyl sites for hydroxylation is 1. The van der Waals surface area contributed by atoms with Crippen LogP contribution in [0.3, 0.4) is 0 Å². The molecule has 0 saturated carbocycles. The Bertz CT molecular complexity index is 562. The second kappa shape index (κ2) is 7.03. The minimum Gasteiger partial charge on any atom is -0.379 e. The van der Waals surface area contributed by atoms with Crippen LogP contribution in [0, 0.1) is 25.2 Å². The van der Waals surface area contributed by atoms with Gasteiger partial charge in [-0.25, -0.2) is 0 Å². The highest BCUT2D eigenvalue weighted by Crippen LogP contribution is 2.23. The van der Waals surface area contributed by atoms with Gasteiger partial charge < -0.3 is 10.1 Å². The smallest absolute Gasteiger partial charge is 0.166 e. The van der Waals surface area contributed by atoms with Crippen LogP contribution in [0.2, 0.25) is 0 Å². The van der Waals surface area contributed by atoms with Crippen molar-refractivity contribution in [1.29, 1.82) is 5.26 Å². The summed E-state index contributed by atoms with van der Waals surface area (Å²) in [5, 5.41) is 21.0. The maximum Gasteiger partial charge on any atom is 0.166 e. The maximum absolute atomic E-state index is 9.37. The summed E-state index contributed by atoms with van der Waals surface area (Å²) in [6.07, 6.45) is 1.01. The van der Waals surface area contributed by atoms with E-state index in [1.165, 1.54) is 0 Å². The minimum absolute atomic E-state index is 0.0109. The Balaban J connectivity index is 2.14. The summed E-state index contributed by atoms with van der Waals surface area (Å²) in [5.41, 5.74) is 2.29. The summed E-state index contributed by atoms with van der Waals surface area (Å²) >= 11 is 0. The van der Waals surface area contributed by atoms with E-state index in [2.05, 4.69) is 40.3 Å². The lowest BCUT2D eigenvalue weighted by Gasteiger charge is -2.43. The Labute approximate surface area is 132 Å². The summed E-state index contributed by atoms with van der Waals surface area (Å²) in [5.74, 6) is 0.582. The number of morpholine rings is 1. The van der Waals surface area contributed by atoms with E-state index >= 15 is 0 Å². The average Bonchev–Trinajstić information content (AvgIpc) is 2.56. The van der Waals surface area contributed by atoms with Crippen LogP contribution in [0.4, 0.5) is 5.82 Å². The Hall–Kier alpha value is -1.71. The van der Waals surface area contributed by atoms with E-state index in [-0.39, 0.29) is 5.54 Å². The predicted octanol–water partition coefficient (Wildman–Crippen LogP) is 1.88. The molecule has 2 heterocycles. The zero-order chi connectivity index (χ0) is 16.2. The molecule has 0 radical (unpaired) electrons. The van der Waals surface area contributed by atoms with Gasteiger partial charge in [-0.05, 0) is 32.8 Å². The summed E-state index contributed by atoms with van der Waals surface area (Å²) in [6.45, 7) is 12.4. The fraction of sp³-hybridized carbons (Fsp3) is 0.688. The van der Waals surface area contributed by atoms with Crippen LogP contribution in [0.25, 0.3) is 0 Å². The largest absolute Gasteiger partial charge is 0.379 e. The molecule has 2 rings (SSSR count). The molecule has 1 aliphatic rings. The van der Waals surface area contributed by atoms with Crippen LogP contribution in [0.5, 0.6) is 0 Å². The van der Waals surface area contributed by atoms with Crippen LogP contribution in [0.1, 0.15) is 37.1 Å². The molecule has 1 N–H and O–H groups in total. The fourth-order valence-electron chi connectivity index (χ4n) is 2.71. The van der Waals surface area contributed by atoms with Gasteiger partial charge in [0.1, 0.15) is 11.6 Å². The molecule has 0 spiro atoms. The zero-order valence-corrected chi connectivity index (χ0v) is 13.9. The van der Waals surface area contributed by atoms with Crippen LogP contribution in [0.15, 0.2) is 0 Å². The van der Waals surface area contributed by atoms with E-state index in [9.17, 15) is 5.26 Å². The van der Waals surface area contributed by atoms with E-state index in [4.69, 9.17) is 4.74 Å². The highest BCUT2D eigenvalue weighted by atomic mass is 16.5. The van der Waals surface area contributed by atoms with Gasteiger partial charge in [-0.1, -0.05) is 6.92 Å². The highest BCUT2D eigenvalue weighted by molar-refractivity contribution is 5.55. The lowest BCUT2D eigenvalue weighted by molar-refractivity contribution is -0.0131. The Kier molecular flexibility index (Phi) is 5.33. The van der Waals surface area contributed by atoms with E-state index < -0.39 is 0 Å². The summed E-state index contributed by atoms with van der Waals surface area (Å²) in [4.78, 5) is 2.45. The number of ether oxygens (including phenoxy) is 1. The van der Waals surface area contributed by atoms with Crippen molar-refractivity contribution >= 4 is 5.82 Å². The van der Waals surface area contributed by atoms with Crippen molar-refractivity contribution in [1.82, 2.24) is 15.1 Å². The first kappa shape index (κ1) is 16.7. The Morgan fingerprint density at radius 1 is 1.32 bits per heavy atom. The predicted molar refractivity (Wildman–Crippen MR) is 85.8 cm³/mol. The number of rotatable bonds is 5. The average molecular weight is 303 g/mol. The number of hydrogen-bond acceptors (Lipinski definition) is 6. The number of hydrogen-bond donors (Lipinski definition) is 1. The van der Waals surface area contributed by atoms with Crippen LogP contribution >= 0.6 is 0 Å². The van der Waals surface area contributed by atoms with Crippen molar-refractivity contribution in [3.63, 3.8) is 0 Å². The third-order valence-electron chi connectivity index (χ3n) is 4.74. The van der Waals surface area contributed by atoms with Gasteiger partial charge in [0, 0.05) is 25.2 Å². The van der Waals surface area contributed by atoms with Crippen LogP contribution < -0.4 is 5.32 Å². The summed E-state index contributed by atoms with van der Waals surface area (Å²) in [6, 6.07) is 2.24. The van der Waals surface area contributed by atoms with Crippen molar-refractivity contribution < 1.29 is 4.74 Å². The molecule has 1 atom stereocenters. The first-order chi connectivity index (χ1) is 10.5. The maximum atomic E-state index is 9.37. The third-order valence-corrected chi connectivity index (χ3v) is 4.74. The van der Waals surface area contributed by atoms with E-state index in [1.54, 1.807) is 0 Å². The van der Waals surface area contributed by atoms with Crippen LogP contribution in [-0.4, -0.2) is 53.5 Å². The molecule has 1 fully saturated rings. The van der Waals surface area contributed by atoms with Gasteiger partial charge in [0.15, 0.2) is 5.82 Å². The molecule has 0 unspecified atom stereocenters. The zero-order valence-electron chi connectivity index (χ0n) is 13.9. The fourth-order valence-corrected chi connectivity index (χ4v) is 2.71. The molecule has 0 bridgehead atoms. The van der Waals surface area contributed by atoms with Crippen molar-refractivity contribution in [3.05, 3.63) is 16.8 Å². The molecule has 22 heavy (non-hydrogen) atoms. The van der Waals surface area contributed by atoms with Gasteiger partial charge in [-0.15, -0.1) is 5.10 Å². The summed E-state index contributed by atoms with van der Waals surface area (Å²) in [7, 11) is 0. The SMILES string of the molecule is CC[C@@](C)(CNc1nnc(C)c(C)c1C#N)N1CCOCC1. The molecule has 1 saturated heterocycles. The van der Waals surface area contributed by atoms with Gasteiger partial charge >= 0.3 is 0 Å². The lowest BCUT2D eigenvalue weighted by atomic mass is 9.95. The molecule has 0 aromatic carbocycles. The second-order valence-electron chi connectivity index (χ2n) is 6.05. The third kappa shape index (κ3) is 3.37. The van der Waals surface area contributed by atoms with E-state index in [0.29, 0.717) is 11.4 Å². The number of nitrogens with zero attached hydrogens (tertiary/aromatic N) is 4. The normalized spacial score (nSPS) is 18.5. The van der Waals surface area contributed by atoms with Crippen molar-refractivity contribution in [2.24, 2.45) is 0 Å². The van der Waals surface area contributed by atoms with Crippen molar-refractivity contribution in [2.45, 2.75) is 39.7 Å². The lowest BCUT2D eigenvalue weighted by Crippen LogP contribution is -2.55. The highest BCUT2D eigenvalue weighted by Gasteiger charge is 2.31. The van der Waals surface area contributed by atoms with Gasteiger partial charge in [-0.2, -0.15) is 10.4 Å². The molecule has 1 aromatic heterocycles. The van der Waals surface area contributed by atoms with Gasteiger partial charge in [0.25, 0.3) is 0 Å². The number of nitrogens with one attached hydrogen (secondary N) is 1. The Morgan fingerprint density at radius 3 is 2.59 bits per heavy atom. The minimum atomic E-state index is 0.0109. The van der Waals surface area contributed by atoms with Gasteiger partial charge in [-0.3, -0.25) is 4.90 Å². The molecular formula is C16H25N5O. The molecule has 120 valence electrons. The quantitative estimate of drug-likeness (QED) is 0.895. The molecule has 6 heteroatoms. The molecule has 0 amide bonds. The van der Waals surface area contributed by atoms with E-state index in [0.717, 1.165) is 50.5 Å². The molecule has 6 nitrogen and oxygen atoms in total.